The number of hydrogen-bond acceptors (Lipinski definition) is 6. The Hall–Kier alpha value is -4.34. The van der Waals surface area contributed by atoms with Gasteiger partial charge in [-0.15, -0.1) is 0 Å². The molecule has 0 bridgehead atoms. The molecule has 200 valence electrons. The van der Waals surface area contributed by atoms with Crippen LogP contribution in [0.4, 0.5) is 5.69 Å². The van der Waals surface area contributed by atoms with Crippen molar-refractivity contribution >= 4 is 35.4 Å². The van der Waals surface area contributed by atoms with E-state index in [1.165, 1.54) is 30.3 Å². The lowest BCUT2D eigenvalue weighted by Gasteiger charge is -2.32. The van der Waals surface area contributed by atoms with Gasteiger partial charge < -0.3 is 20.4 Å². The van der Waals surface area contributed by atoms with E-state index in [1.807, 2.05) is 24.3 Å². The number of hydrogen-bond donors (Lipinski definition) is 4. The van der Waals surface area contributed by atoms with E-state index in [1.54, 1.807) is 30.4 Å². The fourth-order valence-corrected chi connectivity index (χ4v) is 5.95. The Morgan fingerprint density at radius 1 is 0.775 bits per heavy atom. The summed E-state index contributed by atoms with van der Waals surface area (Å²) in [7, 11) is 0. The molecular weight excluding hydrogens is 534 g/mol. The Balaban J connectivity index is 1.47. The van der Waals surface area contributed by atoms with Crippen LogP contribution in [0.15, 0.2) is 72.8 Å². The predicted molar refractivity (Wildman–Crippen MR) is 149 cm³/mol. The second-order valence-corrected chi connectivity index (χ2v) is 10.3. The fraction of sp³-hybridized carbons (Fsp3) is 0.129. The standard InChI is InChI=1S/C31H22ClNO7/c32-26-10-4-17(31(37)38)12-25(26)29-28(35)14-24-21(30(29)36)9-8-19-22-11-16(3-7-20(22)27(34)13-23(19)24)15-1-5-18(6-2-15)33(39)40/h1-14,27-30,34-36H,(H,37,38). The number of benzene rings is 4. The molecule has 0 fully saturated rings. The zero-order valence-corrected chi connectivity index (χ0v) is 21.5. The van der Waals surface area contributed by atoms with Gasteiger partial charge in [0.15, 0.2) is 0 Å². The largest absolute Gasteiger partial charge is 0.478 e. The maximum atomic E-state index is 11.5. The van der Waals surface area contributed by atoms with Gasteiger partial charge in [-0.1, -0.05) is 35.9 Å². The molecule has 0 saturated carbocycles. The van der Waals surface area contributed by atoms with Crippen molar-refractivity contribution in [2.24, 2.45) is 0 Å². The number of rotatable bonds is 4. The van der Waals surface area contributed by atoms with E-state index in [0.717, 1.165) is 22.3 Å². The Morgan fingerprint density at radius 3 is 2.17 bits per heavy atom. The van der Waals surface area contributed by atoms with E-state index in [2.05, 4.69) is 0 Å². The topological polar surface area (TPSA) is 141 Å². The van der Waals surface area contributed by atoms with E-state index in [0.29, 0.717) is 27.1 Å². The summed E-state index contributed by atoms with van der Waals surface area (Å²) < 4.78 is 0. The quantitative estimate of drug-likeness (QED) is 0.220. The van der Waals surface area contributed by atoms with E-state index in [4.69, 9.17) is 11.6 Å². The van der Waals surface area contributed by atoms with Gasteiger partial charge in [0.2, 0.25) is 0 Å². The summed E-state index contributed by atoms with van der Waals surface area (Å²) in [5.74, 6) is -2.04. The van der Waals surface area contributed by atoms with Crippen LogP contribution >= 0.6 is 11.6 Å². The molecule has 0 spiro atoms. The van der Waals surface area contributed by atoms with Gasteiger partial charge >= 0.3 is 5.97 Å². The molecule has 2 aliphatic rings. The monoisotopic (exact) mass is 555 g/mol. The normalized spacial score (nSPS) is 20.8. The fourth-order valence-electron chi connectivity index (χ4n) is 5.70. The van der Waals surface area contributed by atoms with Crippen LogP contribution in [0.2, 0.25) is 5.02 Å². The first-order valence-electron chi connectivity index (χ1n) is 12.5. The molecule has 8 nitrogen and oxygen atoms in total. The van der Waals surface area contributed by atoms with Crippen LogP contribution in [-0.2, 0) is 0 Å². The summed E-state index contributed by atoms with van der Waals surface area (Å²) in [6.45, 7) is 0. The number of nitro groups is 1. The van der Waals surface area contributed by atoms with Crippen LogP contribution in [-0.4, -0.2) is 37.4 Å². The second kappa shape index (κ2) is 9.69. The minimum absolute atomic E-state index is 0.00748. The Labute approximate surface area is 232 Å². The highest BCUT2D eigenvalue weighted by Crippen LogP contribution is 2.41. The third kappa shape index (κ3) is 4.18. The maximum Gasteiger partial charge on any atom is 0.335 e. The molecule has 4 atom stereocenters. The van der Waals surface area contributed by atoms with Gasteiger partial charge in [0, 0.05) is 23.1 Å². The van der Waals surface area contributed by atoms with Crippen molar-refractivity contribution in [3.8, 4) is 22.3 Å². The number of carboxylic acid groups (broad SMARTS) is 1. The number of non-ortho nitro benzene ring substituents is 1. The highest BCUT2D eigenvalue weighted by molar-refractivity contribution is 6.31. The van der Waals surface area contributed by atoms with Crippen LogP contribution < -0.4 is 10.4 Å². The number of fused-ring (bicyclic) bond motifs is 5. The Bertz CT molecular complexity index is 1830. The summed E-state index contributed by atoms with van der Waals surface area (Å²) in [6, 6.07) is 19.6. The van der Waals surface area contributed by atoms with Gasteiger partial charge in [-0.05, 0) is 97.9 Å². The van der Waals surface area contributed by atoms with E-state index < -0.39 is 35.1 Å². The van der Waals surface area contributed by atoms with Crippen molar-refractivity contribution in [3.63, 3.8) is 0 Å². The molecule has 4 unspecified atom stereocenters. The average Bonchev–Trinajstić information content (AvgIpc) is 2.94. The molecule has 40 heavy (non-hydrogen) atoms. The van der Waals surface area contributed by atoms with Gasteiger partial charge in [-0.2, -0.15) is 0 Å². The van der Waals surface area contributed by atoms with E-state index in [-0.39, 0.29) is 16.3 Å². The average molecular weight is 556 g/mol. The molecule has 0 aromatic heterocycles. The smallest absolute Gasteiger partial charge is 0.335 e. The number of carboxylic acids is 1. The van der Waals surface area contributed by atoms with Crippen LogP contribution in [0.5, 0.6) is 0 Å². The molecule has 4 N–H and O–H groups in total. The number of nitrogens with zero attached hydrogens (tertiary/aromatic N) is 1. The third-order valence-electron chi connectivity index (χ3n) is 7.69. The maximum absolute atomic E-state index is 11.5. The molecule has 0 aliphatic heterocycles. The summed E-state index contributed by atoms with van der Waals surface area (Å²) in [4.78, 5) is 22.1. The summed E-state index contributed by atoms with van der Waals surface area (Å²) >= 11 is 6.37. The van der Waals surface area contributed by atoms with Crippen molar-refractivity contribution in [1.82, 2.24) is 0 Å². The molecule has 0 saturated heterocycles. The summed E-state index contributed by atoms with van der Waals surface area (Å²) in [6.07, 6.45) is -0.0452. The highest BCUT2D eigenvalue weighted by Gasteiger charge is 2.35. The number of aliphatic hydroxyl groups is 3. The van der Waals surface area contributed by atoms with Crippen molar-refractivity contribution in [2.75, 3.05) is 0 Å². The first kappa shape index (κ1) is 25.9. The second-order valence-electron chi connectivity index (χ2n) is 9.92. The lowest BCUT2D eigenvalue weighted by atomic mass is 9.77. The first-order chi connectivity index (χ1) is 19.1. The zero-order chi connectivity index (χ0) is 28.3. The molecular formula is C31H22ClNO7. The van der Waals surface area contributed by atoms with Crippen molar-refractivity contribution < 1.29 is 30.1 Å². The number of aromatic carboxylic acids is 1. The minimum Gasteiger partial charge on any atom is -0.478 e. The summed E-state index contributed by atoms with van der Waals surface area (Å²) in [5.41, 5.74) is 4.65. The van der Waals surface area contributed by atoms with Crippen LogP contribution in [0.25, 0.3) is 34.4 Å². The van der Waals surface area contributed by atoms with Crippen LogP contribution in [0.3, 0.4) is 0 Å². The number of carbonyl (C=O) groups is 1. The number of aliphatic hydroxyl groups excluding tert-OH is 3. The zero-order valence-electron chi connectivity index (χ0n) is 20.7. The Kier molecular flexibility index (Phi) is 6.28. The van der Waals surface area contributed by atoms with Crippen LogP contribution in [0.1, 0.15) is 45.2 Å². The van der Waals surface area contributed by atoms with E-state index >= 15 is 0 Å². The van der Waals surface area contributed by atoms with Gasteiger partial charge in [0.1, 0.15) is 0 Å². The predicted octanol–water partition coefficient (Wildman–Crippen LogP) is 4.08. The van der Waals surface area contributed by atoms with Crippen molar-refractivity contribution in [1.29, 1.82) is 0 Å². The van der Waals surface area contributed by atoms with E-state index in [9.17, 15) is 35.3 Å². The molecule has 0 radical (unpaired) electrons. The third-order valence-corrected chi connectivity index (χ3v) is 8.03. The Morgan fingerprint density at radius 2 is 1.48 bits per heavy atom. The van der Waals surface area contributed by atoms with Gasteiger partial charge in [0.25, 0.3) is 5.69 Å². The highest BCUT2D eigenvalue weighted by atomic mass is 35.5. The summed E-state index contributed by atoms with van der Waals surface area (Å²) in [5, 5.41) is 55.5. The molecule has 0 heterocycles. The molecule has 4 aromatic rings. The number of halogens is 1. The minimum atomic E-state index is -1.19. The van der Waals surface area contributed by atoms with Gasteiger partial charge in [-0.25, -0.2) is 4.79 Å². The SMILES string of the molecule is O=C(O)c1ccc(Cl)c(C2C(O)C=c3c(ccc4c3=CC(O)c3ccc(-c5ccc([N+](=O)[O-])cc5)cc3-4)C2O)c1. The van der Waals surface area contributed by atoms with Gasteiger partial charge in [0.05, 0.1) is 28.8 Å². The molecule has 0 amide bonds. The van der Waals surface area contributed by atoms with Crippen molar-refractivity contribution in [3.05, 3.63) is 121 Å². The van der Waals surface area contributed by atoms with Crippen molar-refractivity contribution in [2.45, 2.75) is 24.2 Å². The molecule has 6 rings (SSSR count). The molecule has 4 aromatic carbocycles. The molecule has 2 aliphatic carbocycles. The van der Waals surface area contributed by atoms with Gasteiger partial charge in [-0.3, -0.25) is 10.1 Å². The lowest BCUT2D eigenvalue weighted by molar-refractivity contribution is -0.384. The lowest BCUT2D eigenvalue weighted by Crippen LogP contribution is -2.42. The van der Waals surface area contributed by atoms with Crippen LogP contribution in [0, 0.1) is 10.1 Å². The first-order valence-corrected chi connectivity index (χ1v) is 12.8. The molecule has 9 heteroatoms. The number of nitro benzene ring substituents is 1.